The van der Waals surface area contributed by atoms with E-state index in [1.54, 1.807) is 11.3 Å². The highest BCUT2D eigenvalue weighted by Crippen LogP contribution is 2.30. The Bertz CT molecular complexity index is 712. The standard InChI is InChI=1S/C15H16N2S2/c1-9-6-13(11(3)19-9)10(2)17-12-4-5-14-15(7-12)18-8-16-14/h4-8,10,17H,1-3H3. The fourth-order valence-corrected chi connectivity index (χ4v) is 4.09. The van der Waals surface area contributed by atoms with E-state index < -0.39 is 0 Å². The van der Waals surface area contributed by atoms with Gasteiger partial charge in [-0.25, -0.2) is 4.98 Å². The topological polar surface area (TPSA) is 24.9 Å². The fraction of sp³-hybridized carbons (Fsp3) is 0.267. The van der Waals surface area contributed by atoms with Crippen LogP contribution < -0.4 is 5.32 Å². The van der Waals surface area contributed by atoms with E-state index in [1.807, 2.05) is 16.8 Å². The Hall–Kier alpha value is -1.39. The molecular weight excluding hydrogens is 272 g/mol. The number of anilines is 1. The number of fused-ring (bicyclic) bond motifs is 1. The Balaban J connectivity index is 1.85. The molecule has 0 spiro atoms. The lowest BCUT2D eigenvalue weighted by molar-refractivity contribution is 0.882. The van der Waals surface area contributed by atoms with Crippen LogP contribution in [0.25, 0.3) is 10.2 Å². The van der Waals surface area contributed by atoms with Crippen molar-refractivity contribution in [2.24, 2.45) is 0 Å². The van der Waals surface area contributed by atoms with Gasteiger partial charge in [0.2, 0.25) is 0 Å². The number of thiophene rings is 1. The summed E-state index contributed by atoms with van der Waals surface area (Å²) in [4.78, 5) is 7.08. The van der Waals surface area contributed by atoms with E-state index in [1.165, 1.54) is 20.0 Å². The third-order valence-corrected chi connectivity index (χ3v) is 5.03. The van der Waals surface area contributed by atoms with E-state index in [-0.39, 0.29) is 0 Å². The minimum atomic E-state index is 0.329. The molecule has 2 nitrogen and oxygen atoms in total. The molecule has 0 saturated carbocycles. The molecule has 0 aliphatic carbocycles. The second-order valence-electron chi connectivity index (χ2n) is 4.77. The lowest BCUT2D eigenvalue weighted by atomic mass is 10.1. The van der Waals surface area contributed by atoms with Gasteiger partial charge in [0.05, 0.1) is 15.7 Å². The molecule has 2 heterocycles. The van der Waals surface area contributed by atoms with Gasteiger partial charge in [0, 0.05) is 21.5 Å². The zero-order valence-corrected chi connectivity index (χ0v) is 12.9. The van der Waals surface area contributed by atoms with Crippen molar-refractivity contribution in [2.75, 3.05) is 5.32 Å². The number of thiazole rings is 1. The molecule has 19 heavy (non-hydrogen) atoms. The van der Waals surface area contributed by atoms with Gasteiger partial charge in [0.1, 0.15) is 0 Å². The largest absolute Gasteiger partial charge is 0.378 e. The van der Waals surface area contributed by atoms with Crippen molar-refractivity contribution < 1.29 is 0 Å². The molecule has 0 saturated heterocycles. The number of aromatic nitrogens is 1. The highest BCUT2D eigenvalue weighted by Gasteiger charge is 2.11. The van der Waals surface area contributed by atoms with Crippen molar-refractivity contribution in [3.8, 4) is 0 Å². The van der Waals surface area contributed by atoms with E-state index in [0.717, 1.165) is 11.2 Å². The Morgan fingerprint density at radius 3 is 2.79 bits per heavy atom. The summed E-state index contributed by atoms with van der Waals surface area (Å²) in [6, 6.07) is 8.97. The second-order valence-corrected chi connectivity index (χ2v) is 7.12. The first-order chi connectivity index (χ1) is 9.13. The zero-order chi connectivity index (χ0) is 13.4. The van der Waals surface area contributed by atoms with Gasteiger partial charge >= 0.3 is 0 Å². The van der Waals surface area contributed by atoms with Crippen molar-refractivity contribution >= 4 is 38.6 Å². The lowest BCUT2D eigenvalue weighted by Crippen LogP contribution is -2.06. The molecule has 4 heteroatoms. The van der Waals surface area contributed by atoms with Crippen molar-refractivity contribution in [1.29, 1.82) is 0 Å². The summed E-state index contributed by atoms with van der Waals surface area (Å²) in [5.41, 5.74) is 5.52. The van der Waals surface area contributed by atoms with Crippen LogP contribution in [-0.2, 0) is 0 Å². The molecule has 1 aromatic carbocycles. The van der Waals surface area contributed by atoms with Crippen LogP contribution in [-0.4, -0.2) is 4.98 Å². The first kappa shape index (κ1) is 12.6. The molecular formula is C15H16N2S2. The molecule has 98 valence electrons. The van der Waals surface area contributed by atoms with Crippen molar-refractivity contribution in [2.45, 2.75) is 26.8 Å². The summed E-state index contributed by atoms with van der Waals surface area (Å²) in [5, 5.41) is 3.58. The molecule has 0 amide bonds. The van der Waals surface area contributed by atoms with E-state index in [9.17, 15) is 0 Å². The van der Waals surface area contributed by atoms with E-state index in [2.05, 4.69) is 55.3 Å². The minimum absolute atomic E-state index is 0.329. The summed E-state index contributed by atoms with van der Waals surface area (Å²) >= 11 is 3.55. The van der Waals surface area contributed by atoms with E-state index in [0.29, 0.717) is 6.04 Å². The summed E-state index contributed by atoms with van der Waals surface area (Å²) in [5.74, 6) is 0. The average Bonchev–Trinajstić information content (AvgIpc) is 2.94. The Kier molecular flexibility index (Phi) is 3.29. The second kappa shape index (κ2) is 4.94. The number of aryl methyl sites for hydroxylation is 2. The normalized spacial score (nSPS) is 12.8. The summed E-state index contributed by atoms with van der Waals surface area (Å²) in [7, 11) is 0. The molecule has 0 bridgehead atoms. The number of nitrogens with one attached hydrogen (secondary N) is 1. The third kappa shape index (κ3) is 2.51. The highest BCUT2D eigenvalue weighted by atomic mass is 32.1. The summed E-state index contributed by atoms with van der Waals surface area (Å²) in [6.07, 6.45) is 0. The maximum Gasteiger partial charge on any atom is 0.0813 e. The maximum absolute atomic E-state index is 4.31. The smallest absolute Gasteiger partial charge is 0.0813 e. The molecule has 1 N–H and O–H groups in total. The van der Waals surface area contributed by atoms with Crippen molar-refractivity contribution in [1.82, 2.24) is 4.98 Å². The van der Waals surface area contributed by atoms with Gasteiger partial charge in [0.15, 0.2) is 0 Å². The van der Waals surface area contributed by atoms with Crippen LogP contribution in [0.2, 0.25) is 0 Å². The zero-order valence-electron chi connectivity index (χ0n) is 11.2. The fourth-order valence-electron chi connectivity index (χ4n) is 2.35. The number of nitrogens with zero attached hydrogens (tertiary/aromatic N) is 1. The highest BCUT2D eigenvalue weighted by molar-refractivity contribution is 7.16. The SMILES string of the molecule is Cc1cc(C(C)Nc2ccc3ncsc3c2)c(C)s1. The van der Waals surface area contributed by atoms with E-state index in [4.69, 9.17) is 0 Å². The average molecular weight is 288 g/mol. The Morgan fingerprint density at radius 2 is 2.05 bits per heavy atom. The maximum atomic E-state index is 4.31. The van der Waals surface area contributed by atoms with Gasteiger partial charge in [-0.15, -0.1) is 22.7 Å². The molecule has 1 unspecified atom stereocenters. The van der Waals surface area contributed by atoms with Crippen LogP contribution in [0.1, 0.15) is 28.3 Å². The summed E-state index contributed by atoms with van der Waals surface area (Å²) < 4.78 is 1.23. The quantitative estimate of drug-likeness (QED) is 0.721. The van der Waals surface area contributed by atoms with Crippen LogP contribution in [0.4, 0.5) is 5.69 Å². The van der Waals surface area contributed by atoms with Crippen LogP contribution in [0.3, 0.4) is 0 Å². The first-order valence-electron chi connectivity index (χ1n) is 6.30. The number of hydrogen-bond donors (Lipinski definition) is 1. The van der Waals surface area contributed by atoms with Gasteiger partial charge in [-0.1, -0.05) is 0 Å². The summed E-state index contributed by atoms with van der Waals surface area (Å²) in [6.45, 7) is 6.57. The first-order valence-corrected chi connectivity index (χ1v) is 8.00. The Morgan fingerprint density at radius 1 is 1.21 bits per heavy atom. The van der Waals surface area contributed by atoms with Crippen LogP contribution in [0.5, 0.6) is 0 Å². The molecule has 1 atom stereocenters. The molecule has 2 aromatic heterocycles. The van der Waals surface area contributed by atoms with Gasteiger partial charge < -0.3 is 5.32 Å². The number of benzene rings is 1. The lowest BCUT2D eigenvalue weighted by Gasteiger charge is -2.15. The molecule has 0 aliphatic heterocycles. The number of rotatable bonds is 3. The predicted molar refractivity (Wildman–Crippen MR) is 85.5 cm³/mol. The van der Waals surface area contributed by atoms with Crippen molar-refractivity contribution in [3.63, 3.8) is 0 Å². The van der Waals surface area contributed by atoms with Crippen LogP contribution >= 0.6 is 22.7 Å². The molecule has 0 fully saturated rings. The Labute approximate surface area is 121 Å². The molecule has 3 rings (SSSR count). The minimum Gasteiger partial charge on any atom is -0.378 e. The van der Waals surface area contributed by atoms with Gasteiger partial charge in [-0.3, -0.25) is 0 Å². The molecule has 0 aliphatic rings. The molecule has 3 aromatic rings. The third-order valence-electron chi connectivity index (χ3n) is 3.26. The van der Waals surface area contributed by atoms with Crippen molar-refractivity contribution in [3.05, 3.63) is 45.1 Å². The molecule has 0 radical (unpaired) electrons. The van der Waals surface area contributed by atoms with Crippen LogP contribution in [0, 0.1) is 13.8 Å². The van der Waals surface area contributed by atoms with Crippen LogP contribution in [0.15, 0.2) is 29.8 Å². The van der Waals surface area contributed by atoms with E-state index >= 15 is 0 Å². The van der Waals surface area contributed by atoms with Gasteiger partial charge in [-0.05, 0) is 50.6 Å². The number of hydrogen-bond acceptors (Lipinski definition) is 4. The van der Waals surface area contributed by atoms with Gasteiger partial charge in [-0.2, -0.15) is 0 Å². The van der Waals surface area contributed by atoms with Gasteiger partial charge in [0.25, 0.3) is 0 Å². The monoisotopic (exact) mass is 288 g/mol. The predicted octanol–water partition coefficient (Wildman–Crippen LogP) is 5.15.